The lowest BCUT2D eigenvalue weighted by atomic mass is 10.1. The molecule has 0 radical (unpaired) electrons. The minimum absolute atomic E-state index is 0.124. The predicted octanol–water partition coefficient (Wildman–Crippen LogP) is 1.92. The number of halogens is 4. The zero-order valence-corrected chi connectivity index (χ0v) is 14.0. The minimum atomic E-state index is -4.79. The molecule has 0 bridgehead atoms. The molecule has 2 amide bonds. The molecule has 1 aliphatic rings. The van der Waals surface area contributed by atoms with Crippen molar-refractivity contribution >= 4 is 11.8 Å². The standard InChI is InChI=1S/C14H15F4N3O2.C2H6/c15-11-2-1-9(5-10(11)14(16,17)18)6-20-12(22)8-21-4-3-19-7-13(21)23;1-2/h1-2,5,19H,3-4,6-8H2,(H,20,22);1-2H3. The van der Waals surface area contributed by atoms with Crippen LogP contribution in [0.5, 0.6) is 0 Å². The van der Waals surface area contributed by atoms with Crippen molar-refractivity contribution in [1.29, 1.82) is 0 Å². The lowest BCUT2D eigenvalue weighted by molar-refractivity contribution is -0.140. The summed E-state index contributed by atoms with van der Waals surface area (Å²) in [6, 6.07) is 2.54. The first kappa shape index (κ1) is 20.9. The summed E-state index contributed by atoms with van der Waals surface area (Å²) in [6.45, 7) is 4.78. The van der Waals surface area contributed by atoms with Gasteiger partial charge in [0.05, 0.1) is 18.7 Å². The summed E-state index contributed by atoms with van der Waals surface area (Å²) in [7, 11) is 0. The van der Waals surface area contributed by atoms with Gasteiger partial charge in [0.15, 0.2) is 0 Å². The van der Waals surface area contributed by atoms with Crippen LogP contribution in [0.25, 0.3) is 0 Å². The van der Waals surface area contributed by atoms with Crippen LogP contribution in [0.4, 0.5) is 17.6 Å². The number of hydrogen-bond donors (Lipinski definition) is 2. The third-order valence-electron chi connectivity index (χ3n) is 3.35. The van der Waals surface area contributed by atoms with Gasteiger partial charge in [-0.25, -0.2) is 4.39 Å². The van der Waals surface area contributed by atoms with Crippen LogP contribution in [0, 0.1) is 5.82 Å². The molecule has 1 aromatic rings. The molecular formula is C16H21F4N3O2. The molecule has 1 aromatic carbocycles. The SMILES string of the molecule is CC.O=C(CN1CCNCC1=O)NCc1ccc(F)c(C(F)(F)F)c1. The van der Waals surface area contributed by atoms with Gasteiger partial charge in [0, 0.05) is 19.6 Å². The molecule has 0 aliphatic carbocycles. The highest BCUT2D eigenvalue weighted by Gasteiger charge is 2.34. The largest absolute Gasteiger partial charge is 0.419 e. The quantitative estimate of drug-likeness (QED) is 0.804. The molecule has 140 valence electrons. The van der Waals surface area contributed by atoms with Crippen LogP contribution in [0.1, 0.15) is 25.0 Å². The van der Waals surface area contributed by atoms with Crippen molar-refractivity contribution in [3.05, 3.63) is 35.1 Å². The van der Waals surface area contributed by atoms with E-state index in [4.69, 9.17) is 0 Å². The van der Waals surface area contributed by atoms with Crippen molar-refractivity contribution in [1.82, 2.24) is 15.5 Å². The summed E-state index contributed by atoms with van der Waals surface area (Å²) in [5, 5.41) is 5.28. The van der Waals surface area contributed by atoms with E-state index < -0.39 is 23.5 Å². The Morgan fingerprint density at radius 3 is 2.60 bits per heavy atom. The zero-order valence-electron chi connectivity index (χ0n) is 14.0. The fourth-order valence-electron chi connectivity index (χ4n) is 2.14. The van der Waals surface area contributed by atoms with E-state index in [0.29, 0.717) is 25.2 Å². The van der Waals surface area contributed by atoms with Gasteiger partial charge in [-0.2, -0.15) is 13.2 Å². The molecule has 0 saturated carbocycles. The lowest BCUT2D eigenvalue weighted by Gasteiger charge is -2.26. The third-order valence-corrected chi connectivity index (χ3v) is 3.35. The Kier molecular flexibility index (Phi) is 7.82. The molecule has 0 unspecified atom stereocenters. The van der Waals surface area contributed by atoms with Gasteiger partial charge in [0.2, 0.25) is 11.8 Å². The minimum Gasteiger partial charge on any atom is -0.350 e. The molecular weight excluding hydrogens is 342 g/mol. The van der Waals surface area contributed by atoms with Crippen molar-refractivity contribution in [2.75, 3.05) is 26.2 Å². The topological polar surface area (TPSA) is 61.4 Å². The van der Waals surface area contributed by atoms with Crippen molar-refractivity contribution in [3.63, 3.8) is 0 Å². The molecule has 25 heavy (non-hydrogen) atoms. The Bertz CT molecular complexity index is 606. The third kappa shape index (κ3) is 6.33. The Morgan fingerprint density at radius 1 is 1.32 bits per heavy atom. The van der Waals surface area contributed by atoms with Crippen molar-refractivity contribution in [2.24, 2.45) is 0 Å². The molecule has 0 spiro atoms. The first-order chi connectivity index (χ1) is 11.8. The molecule has 2 N–H and O–H groups in total. The maximum atomic E-state index is 13.2. The van der Waals surface area contributed by atoms with Crippen LogP contribution in [-0.2, 0) is 22.3 Å². The van der Waals surface area contributed by atoms with Crippen molar-refractivity contribution in [2.45, 2.75) is 26.6 Å². The van der Waals surface area contributed by atoms with Crippen LogP contribution in [0.3, 0.4) is 0 Å². The number of carbonyl (C=O) groups is 2. The molecule has 2 rings (SSSR count). The molecule has 1 aliphatic heterocycles. The number of carbonyl (C=O) groups excluding carboxylic acids is 2. The summed E-state index contributed by atoms with van der Waals surface area (Å²) in [6.07, 6.45) is -4.79. The first-order valence-electron chi connectivity index (χ1n) is 7.88. The average molecular weight is 363 g/mol. The number of benzene rings is 1. The van der Waals surface area contributed by atoms with Crippen LogP contribution in [0.2, 0.25) is 0 Å². The monoisotopic (exact) mass is 363 g/mol. The summed E-state index contributed by atoms with van der Waals surface area (Å²) in [4.78, 5) is 24.6. The normalized spacial score (nSPS) is 14.6. The molecule has 0 aromatic heterocycles. The number of nitrogens with zero attached hydrogens (tertiary/aromatic N) is 1. The molecule has 9 heteroatoms. The lowest BCUT2D eigenvalue weighted by Crippen LogP contribution is -2.51. The highest BCUT2D eigenvalue weighted by atomic mass is 19.4. The van der Waals surface area contributed by atoms with Gasteiger partial charge in [0.25, 0.3) is 0 Å². The summed E-state index contributed by atoms with van der Waals surface area (Å²) in [5.41, 5.74) is -1.25. The number of piperazine rings is 1. The van der Waals surface area contributed by atoms with Crippen LogP contribution in [-0.4, -0.2) is 42.9 Å². The second-order valence-corrected chi connectivity index (χ2v) is 5.08. The predicted molar refractivity (Wildman–Crippen MR) is 84.0 cm³/mol. The second-order valence-electron chi connectivity index (χ2n) is 5.08. The van der Waals surface area contributed by atoms with Crippen molar-refractivity contribution in [3.8, 4) is 0 Å². The number of nitrogens with one attached hydrogen (secondary N) is 2. The van der Waals surface area contributed by atoms with Gasteiger partial charge in [0.1, 0.15) is 5.82 Å². The van der Waals surface area contributed by atoms with Crippen molar-refractivity contribution < 1.29 is 27.2 Å². The summed E-state index contributed by atoms with van der Waals surface area (Å²) >= 11 is 0. The number of hydrogen-bond acceptors (Lipinski definition) is 3. The maximum Gasteiger partial charge on any atom is 0.419 e. The van der Waals surface area contributed by atoms with Gasteiger partial charge in [-0.15, -0.1) is 0 Å². The van der Waals surface area contributed by atoms with Crippen LogP contribution < -0.4 is 10.6 Å². The highest BCUT2D eigenvalue weighted by molar-refractivity contribution is 5.86. The van der Waals surface area contributed by atoms with E-state index in [1.54, 1.807) is 0 Å². The fraction of sp³-hybridized carbons (Fsp3) is 0.500. The Balaban J connectivity index is 0.00000151. The first-order valence-corrected chi connectivity index (χ1v) is 7.88. The molecule has 1 fully saturated rings. The van der Waals surface area contributed by atoms with E-state index >= 15 is 0 Å². The van der Waals surface area contributed by atoms with Gasteiger partial charge < -0.3 is 15.5 Å². The van der Waals surface area contributed by atoms with Gasteiger partial charge in [-0.1, -0.05) is 19.9 Å². The van der Waals surface area contributed by atoms with E-state index in [2.05, 4.69) is 10.6 Å². The van der Waals surface area contributed by atoms with Crippen LogP contribution in [0.15, 0.2) is 18.2 Å². The van der Waals surface area contributed by atoms with Gasteiger partial charge in [-0.3, -0.25) is 9.59 Å². The van der Waals surface area contributed by atoms with E-state index in [1.165, 1.54) is 11.0 Å². The Hall–Kier alpha value is -2.16. The number of alkyl halides is 3. The molecule has 0 atom stereocenters. The van der Waals surface area contributed by atoms with E-state index in [9.17, 15) is 27.2 Å². The Labute approximate surface area is 143 Å². The Morgan fingerprint density at radius 2 is 2.00 bits per heavy atom. The summed E-state index contributed by atoms with van der Waals surface area (Å²) < 4.78 is 51.0. The number of rotatable bonds is 4. The molecule has 1 saturated heterocycles. The van der Waals surface area contributed by atoms with Gasteiger partial charge >= 0.3 is 6.18 Å². The maximum absolute atomic E-state index is 13.2. The number of amides is 2. The second kappa shape index (κ2) is 9.36. The smallest absolute Gasteiger partial charge is 0.350 e. The summed E-state index contributed by atoms with van der Waals surface area (Å²) in [5.74, 6) is -2.07. The van der Waals surface area contributed by atoms with E-state index in [1.807, 2.05) is 13.8 Å². The van der Waals surface area contributed by atoms with E-state index in [-0.39, 0.29) is 31.1 Å². The molecule has 1 heterocycles. The molecule has 5 nitrogen and oxygen atoms in total. The van der Waals surface area contributed by atoms with Crippen LogP contribution >= 0.6 is 0 Å². The average Bonchev–Trinajstić information content (AvgIpc) is 2.57. The van der Waals surface area contributed by atoms with E-state index in [0.717, 1.165) is 0 Å². The fourth-order valence-corrected chi connectivity index (χ4v) is 2.14. The zero-order chi connectivity index (χ0) is 19.0. The van der Waals surface area contributed by atoms with Gasteiger partial charge in [-0.05, 0) is 17.7 Å². The highest BCUT2D eigenvalue weighted by Crippen LogP contribution is 2.31.